The summed E-state index contributed by atoms with van der Waals surface area (Å²) in [6, 6.07) is 17.7. The molecule has 0 N–H and O–H groups in total. The number of aromatic nitrogens is 3. The third-order valence-corrected chi connectivity index (χ3v) is 3.92. The molecule has 0 bridgehead atoms. The third kappa shape index (κ3) is 2.92. The largest absolute Gasteiger partial charge is 0.497 e. The standard InChI is InChI=1S/C20H14FN3O/c1-25-14-9-10-16(21)15(11-14)18-7-4-8-19(23-18)20-22-12-13-5-2-3-6-17(13)24-20/h2-12H,1H3. The van der Waals surface area contributed by atoms with Gasteiger partial charge in [0.25, 0.3) is 0 Å². The van der Waals surface area contributed by atoms with Gasteiger partial charge < -0.3 is 4.74 Å². The molecule has 4 rings (SSSR count). The predicted molar refractivity (Wildman–Crippen MR) is 94.7 cm³/mol. The molecule has 0 radical (unpaired) electrons. The van der Waals surface area contributed by atoms with Crippen LogP contribution in [-0.2, 0) is 0 Å². The van der Waals surface area contributed by atoms with E-state index in [1.807, 2.05) is 36.4 Å². The lowest BCUT2D eigenvalue weighted by Crippen LogP contribution is -1.95. The van der Waals surface area contributed by atoms with Crippen LogP contribution in [0.15, 0.2) is 66.9 Å². The molecular formula is C20H14FN3O. The van der Waals surface area contributed by atoms with Gasteiger partial charge in [0.05, 0.1) is 18.3 Å². The summed E-state index contributed by atoms with van der Waals surface area (Å²) >= 11 is 0. The Balaban J connectivity index is 1.81. The van der Waals surface area contributed by atoms with Gasteiger partial charge in [-0.1, -0.05) is 24.3 Å². The number of para-hydroxylation sites is 1. The Morgan fingerprint density at radius 2 is 1.72 bits per heavy atom. The number of methoxy groups -OCH3 is 1. The van der Waals surface area contributed by atoms with Crippen molar-refractivity contribution in [3.63, 3.8) is 0 Å². The number of fused-ring (bicyclic) bond motifs is 1. The van der Waals surface area contributed by atoms with E-state index in [1.54, 1.807) is 31.5 Å². The molecule has 122 valence electrons. The summed E-state index contributed by atoms with van der Waals surface area (Å²) in [5.41, 5.74) is 2.31. The molecule has 0 saturated carbocycles. The zero-order chi connectivity index (χ0) is 17.2. The number of rotatable bonds is 3. The smallest absolute Gasteiger partial charge is 0.178 e. The van der Waals surface area contributed by atoms with Crippen molar-refractivity contribution in [3.05, 3.63) is 72.7 Å². The summed E-state index contributed by atoms with van der Waals surface area (Å²) in [6.45, 7) is 0. The summed E-state index contributed by atoms with van der Waals surface area (Å²) in [4.78, 5) is 13.5. The molecule has 0 aliphatic carbocycles. The molecule has 0 aliphatic rings. The molecule has 2 heterocycles. The van der Waals surface area contributed by atoms with Crippen LogP contribution in [0, 0.1) is 5.82 Å². The van der Waals surface area contributed by atoms with E-state index in [1.165, 1.54) is 6.07 Å². The van der Waals surface area contributed by atoms with Crippen LogP contribution < -0.4 is 4.74 Å². The van der Waals surface area contributed by atoms with Crippen LogP contribution in [0.3, 0.4) is 0 Å². The Morgan fingerprint density at radius 1 is 0.880 bits per heavy atom. The van der Waals surface area contributed by atoms with Crippen LogP contribution in [-0.4, -0.2) is 22.1 Å². The summed E-state index contributed by atoms with van der Waals surface area (Å²) in [7, 11) is 1.55. The molecule has 4 aromatic rings. The van der Waals surface area contributed by atoms with Crippen LogP contribution >= 0.6 is 0 Å². The van der Waals surface area contributed by atoms with E-state index in [2.05, 4.69) is 15.0 Å². The third-order valence-electron chi connectivity index (χ3n) is 3.92. The Kier molecular flexibility index (Phi) is 3.82. The van der Waals surface area contributed by atoms with Gasteiger partial charge in [-0.3, -0.25) is 0 Å². The average Bonchev–Trinajstić information content (AvgIpc) is 2.68. The van der Waals surface area contributed by atoms with Crippen molar-refractivity contribution in [3.8, 4) is 28.5 Å². The molecule has 0 spiro atoms. The number of hydrogen-bond donors (Lipinski definition) is 0. The lowest BCUT2D eigenvalue weighted by molar-refractivity contribution is 0.414. The van der Waals surface area contributed by atoms with Crippen LogP contribution in [0.25, 0.3) is 33.7 Å². The van der Waals surface area contributed by atoms with E-state index in [0.29, 0.717) is 28.5 Å². The van der Waals surface area contributed by atoms with Gasteiger partial charge in [0.15, 0.2) is 5.82 Å². The number of pyridine rings is 1. The first-order valence-electron chi connectivity index (χ1n) is 7.78. The van der Waals surface area contributed by atoms with E-state index in [-0.39, 0.29) is 5.82 Å². The Hall–Kier alpha value is -3.34. The Labute approximate surface area is 144 Å². The van der Waals surface area contributed by atoms with Gasteiger partial charge in [0.2, 0.25) is 0 Å². The second-order valence-corrected chi connectivity index (χ2v) is 5.51. The van der Waals surface area contributed by atoms with Gasteiger partial charge in [-0.05, 0) is 36.4 Å². The van der Waals surface area contributed by atoms with Gasteiger partial charge in [-0.2, -0.15) is 0 Å². The molecule has 0 saturated heterocycles. The SMILES string of the molecule is COc1ccc(F)c(-c2cccc(-c3ncc4ccccc4n3)n2)c1. The molecule has 0 amide bonds. The first-order chi connectivity index (χ1) is 12.2. The van der Waals surface area contributed by atoms with Crippen LogP contribution in [0.5, 0.6) is 5.75 Å². The predicted octanol–water partition coefficient (Wildman–Crippen LogP) is 4.51. The van der Waals surface area contributed by atoms with Gasteiger partial charge in [0, 0.05) is 17.1 Å². The minimum absolute atomic E-state index is 0.357. The summed E-state index contributed by atoms with van der Waals surface area (Å²) in [5, 5.41) is 0.959. The number of hydrogen-bond acceptors (Lipinski definition) is 4. The molecule has 2 aromatic heterocycles. The van der Waals surface area contributed by atoms with E-state index in [9.17, 15) is 4.39 Å². The lowest BCUT2D eigenvalue weighted by Gasteiger charge is -2.07. The highest BCUT2D eigenvalue weighted by molar-refractivity contribution is 5.79. The highest BCUT2D eigenvalue weighted by Crippen LogP contribution is 2.27. The maximum Gasteiger partial charge on any atom is 0.178 e. The molecule has 4 nitrogen and oxygen atoms in total. The number of ether oxygens (including phenoxy) is 1. The quantitative estimate of drug-likeness (QED) is 0.554. The molecule has 5 heteroatoms. The summed E-state index contributed by atoms with van der Waals surface area (Å²) in [6.07, 6.45) is 1.76. The number of nitrogens with zero attached hydrogens (tertiary/aromatic N) is 3. The topological polar surface area (TPSA) is 47.9 Å². The minimum Gasteiger partial charge on any atom is -0.497 e. The Morgan fingerprint density at radius 3 is 2.60 bits per heavy atom. The normalized spacial score (nSPS) is 10.8. The maximum absolute atomic E-state index is 14.2. The summed E-state index contributed by atoms with van der Waals surface area (Å²) < 4.78 is 19.4. The minimum atomic E-state index is -0.357. The molecule has 0 atom stereocenters. The van der Waals surface area contributed by atoms with Gasteiger partial charge in [-0.15, -0.1) is 0 Å². The monoisotopic (exact) mass is 331 g/mol. The maximum atomic E-state index is 14.2. The highest BCUT2D eigenvalue weighted by atomic mass is 19.1. The van der Waals surface area contributed by atoms with Gasteiger partial charge in [-0.25, -0.2) is 19.3 Å². The molecule has 2 aromatic carbocycles. The van der Waals surface area contributed by atoms with Crippen LogP contribution in [0.2, 0.25) is 0 Å². The molecular weight excluding hydrogens is 317 g/mol. The second kappa shape index (κ2) is 6.28. The fourth-order valence-electron chi connectivity index (χ4n) is 2.63. The lowest BCUT2D eigenvalue weighted by atomic mass is 10.1. The van der Waals surface area contributed by atoms with E-state index in [4.69, 9.17) is 4.74 Å². The van der Waals surface area contributed by atoms with Crippen molar-refractivity contribution in [1.29, 1.82) is 0 Å². The zero-order valence-electron chi connectivity index (χ0n) is 13.5. The van der Waals surface area contributed by atoms with Crippen molar-refractivity contribution in [1.82, 2.24) is 15.0 Å². The van der Waals surface area contributed by atoms with E-state index in [0.717, 1.165) is 10.9 Å². The van der Waals surface area contributed by atoms with E-state index < -0.39 is 0 Å². The number of benzene rings is 2. The van der Waals surface area contributed by atoms with Gasteiger partial charge in [0.1, 0.15) is 17.3 Å². The van der Waals surface area contributed by atoms with Crippen molar-refractivity contribution < 1.29 is 9.13 Å². The number of halogens is 1. The zero-order valence-corrected chi connectivity index (χ0v) is 13.5. The first kappa shape index (κ1) is 15.2. The molecule has 0 unspecified atom stereocenters. The Bertz CT molecular complexity index is 1070. The van der Waals surface area contributed by atoms with Gasteiger partial charge >= 0.3 is 0 Å². The summed E-state index contributed by atoms with van der Waals surface area (Å²) in [5.74, 6) is 0.722. The second-order valence-electron chi connectivity index (χ2n) is 5.51. The van der Waals surface area contributed by atoms with Crippen molar-refractivity contribution in [2.75, 3.05) is 7.11 Å². The molecule has 0 aliphatic heterocycles. The van der Waals surface area contributed by atoms with Crippen LogP contribution in [0.4, 0.5) is 4.39 Å². The van der Waals surface area contributed by atoms with Crippen LogP contribution in [0.1, 0.15) is 0 Å². The van der Waals surface area contributed by atoms with E-state index >= 15 is 0 Å². The van der Waals surface area contributed by atoms with Crippen molar-refractivity contribution in [2.45, 2.75) is 0 Å². The fourth-order valence-corrected chi connectivity index (χ4v) is 2.63. The molecule has 25 heavy (non-hydrogen) atoms. The average molecular weight is 331 g/mol. The molecule has 0 fully saturated rings. The first-order valence-corrected chi connectivity index (χ1v) is 7.78. The fraction of sp³-hybridized carbons (Fsp3) is 0.0500. The van der Waals surface area contributed by atoms with Crippen molar-refractivity contribution >= 4 is 10.9 Å². The van der Waals surface area contributed by atoms with Crippen molar-refractivity contribution in [2.24, 2.45) is 0 Å². The highest BCUT2D eigenvalue weighted by Gasteiger charge is 2.11.